The number of hydrogen-bond acceptors (Lipinski definition) is 4. The van der Waals surface area contributed by atoms with E-state index in [4.69, 9.17) is 9.72 Å². The van der Waals surface area contributed by atoms with Crippen molar-refractivity contribution in [1.29, 1.82) is 0 Å². The lowest BCUT2D eigenvalue weighted by Gasteiger charge is -2.34. The highest BCUT2D eigenvalue weighted by Crippen LogP contribution is 2.48. The maximum Gasteiger partial charge on any atom is 0.253 e. The van der Waals surface area contributed by atoms with Crippen LogP contribution < -0.4 is 10.2 Å². The van der Waals surface area contributed by atoms with Gasteiger partial charge in [0.2, 0.25) is 0 Å². The lowest BCUT2D eigenvalue weighted by Crippen LogP contribution is -2.38. The molecule has 24 heavy (non-hydrogen) atoms. The Morgan fingerprint density at radius 3 is 2.83 bits per heavy atom. The zero-order chi connectivity index (χ0) is 16.7. The van der Waals surface area contributed by atoms with Crippen molar-refractivity contribution in [3.8, 4) is 0 Å². The fourth-order valence-electron chi connectivity index (χ4n) is 3.72. The number of ether oxygens (including phenoxy) is 1. The molecule has 2 aliphatic heterocycles. The summed E-state index contributed by atoms with van der Waals surface area (Å²) >= 11 is 0. The fraction of sp³-hybridized carbons (Fsp3) is 0.684. The Bertz CT molecular complexity index is 646. The molecule has 0 unspecified atom stereocenters. The predicted molar refractivity (Wildman–Crippen MR) is 93.3 cm³/mol. The van der Waals surface area contributed by atoms with E-state index in [1.165, 1.54) is 19.3 Å². The first-order valence-electron chi connectivity index (χ1n) is 9.19. The molecular weight excluding hydrogens is 302 g/mol. The predicted octanol–water partition coefficient (Wildman–Crippen LogP) is 2.81. The number of nitrogens with zero attached hydrogens (tertiary/aromatic N) is 2. The molecule has 5 nitrogen and oxygen atoms in total. The number of rotatable bonds is 5. The molecule has 0 atom stereocenters. The van der Waals surface area contributed by atoms with E-state index in [0.29, 0.717) is 18.1 Å². The summed E-state index contributed by atoms with van der Waals surface area (Å²) in [6.45, 7) is 7.84. The smallest absolute Gasteiger partial charge is 0.253 e. The van der Waals surface area contributed by atoms with Crippen molar-refractivity contribution in [3.05, 3.63) is 22.9 Å². The lowest BCUT2D eigenvalue weighted by molar-refractivity contribution is 0.0286. The van der Waals surface area contributed by atoms with E-state index in [-0.39, 0.29) is 5.91 Å². The van der Waals surface area contributed by atoms with Gasteiger partial charge in [-0.1, -0.05) is 6.92 Å². The third-order valence-electron chi connectivity index (χ3n) is 5.83. The number of hydrogen-bond donors (Lipinski definition) is 1. The maximum atomic E-state index is 11.7. The summed E-state index contributed by atoms with van der Waals surface area (Å²) in [5.41, 5.74) is 3.30. The number of carbonyl (C=O) groups excluding carboxylic acids is 1. The molecule has 0 radical (unpaired) electrons. The Morgan fingerprint density at radius 1 is 1.38 bits per heavy atom. The first kappa shape index (κ1) is 15.9. The molecule has 3 heterocycles. The molecule has 1 saturated heterocycles. The number of pyridine rings is 1. The van der Waals surface area contributed by atoms with E-state index in [0.717, 1.165) is 55.2 Å². The van der Waals surface area contributed by atoms with Crippen LogP contribution >= 0.6 is 0 Å². The Hall–Kier alpha value is -1.62. The molecule has 1 aromatic heterocycles. The number of amides is 1. The van der Waals surface area contributed by atoms with Crippen LogP contribution in [0.25, 0.3) is 0 Å². The first-order valence-corrected chi connectivity index (χ1v) is 9.19. The van der Waals surface area contributed by atoms with Gasteiger partial charge in [-0.3, -0.25) is 4.79 Å². The second-order valence-electron chi connectivity index (χ2n) is 7.92. The Balaban J connectivity index is 1.33. The Morgan fingerprint density at radius 2 is 2.12 bits per heavy atom. The van der Waals surface area contributed by atoms with Crippen LogP contribution in [0.1, 0.15) is 60.6 Å². The molecule has 1 aromatic rings. The minimum absolute atomic E-state index is 0.00335. The van der Waals surface area contributed by atoms with E-state index >= 15 is 0 Å². The minimum Gasteiger partial charge on any atom is -0.378 e. The second-order valence-corrected chi connectivity index (χ2v) is 7.92. The van der Waals surface area contributed by atoms with Crippen molar-refractivity contribution >= 4 is 11.7 Å². The number of piperidine rings is 1. The van der Waals surface area contributed by atoms with Gasteiger partial charge in [0.25, 0.3) is 5.91 Å². The topological polar surface area (TPSA) is 54.5 Å². The molecule has 130 valence electrons. The van der Waals surface area contributed by atoms with Crippen LogP contribution in [-0.2, 0) is 11.3 Å². The van der Waals surface area contributed by atoms with Crippen molar-refractivity contribution in [1.82, 2.24) is 10.3 Å². The summed E-state index contributed by atoms with van der Waals surface area (Å²) in [6.07, 6.45) is 6.46. The van der Waals surface area contributed by atoms with Gasteiger partial charge < -0.3 is 15.0 Å². The molecule has 2 fully saturated rings. The highest BCUT2D eigenvalue weighted by molar-refractivity contribution is 5.98. The van der Waals surface area contributed by atoms with E-state index in [2.05, 4.69) is 17.1 Å². The molecular formula is C19H27N3O2. The van der Waals surface area contributed by atoms with Crippen LogP contribution in [0.2, 0.25) is 0 Å². The fourth-order valence-corrected chi connectivity index (χ4v) is 3.72. The van der Waals surface area contributed by atoms with Gasteiger partial charge in [-0.25, -0.2) is 4.98 Å². The molecule has 0 bridgehead atoms. The summed E-state index contributed by atoms with van der Waals surface area (Å²) in [7, 11) is 0. The van der Waals surface area contributed by atoms with E-state index < -0.39 is 0 Å². The molecule has 5 heteroatoms. The number of fused-ring (bicyclic) bond motifs is 1. The minimum atomic E-state index is 0.00335. The van der Waals surface area contributed by atoms with E-state index in [9.17, 15) is 4.79 Å². The van der Waals surface area contributed by atoms with Crippen molar-refractivity contribution in [3.63, 3.8) is 0 Å². The Kier molecular flexibility index (Phi) is 3.99. The van der Waals surface area contributed by atoms with Gasteiger partial charge in [-0.15, -0.1) is 0 Å². The first-order chi connectivity index (χ1) is 11.5. The molecule has 0 spiro atoms. The number of aryl methyl sites for hydroxylation is 1. The number of nitrogens with one attached hydrogen (secondary N) is 1. The molecule has 3 aliphatic rings. The Labute approximate surface area is 143 Å². The third kappa shape index (κ3) is 3.14. The normalized spacial score (nSPS) is 22.4. The summed E-state index contributed by atoms with van der Waals surface area (Å²) < 4.78 is 6.10. The van der Waals surface area contributed by atoms with Crippen LogP contribution in [0.3, 0.4) is 0 Å². The molecule has 4 rings (SSSR count). The average molecular weight is 329 g/mol. The molecule has 1 N–H and O–H groups in total. The summed E-state index contributed by atoms with van der Waals surface area (Å²) in [6, 6.07) is 1.99. The van der Waals surface area contributed by atoms with Gasteiger partial charge in [0.15, 0.2) is 0 Å². The van der Waals surface area contributed by atoms with Gasteiger partial charge >= 0.3 is 0 Å². The quantitative estimate of drug-likeness (QED) is 0.902. The van der Waals surface area contributed by atoms with Gasteiger partial charge in [-0.2, -0.15) is 0 Å². The highest BCUT2D eigenvalue weighted by Gasteiger charge is 2.36. The van der Waals surface area contributed by atoms with Gasteiger partial charge in [0.05, 0.1) is 23.9 Å². The van der Waals surface area contributed by atoms with Crippen LogP contribution in [0.5, 0.6) is 0 Å². The van der Waals surface area contributed by atoms with Crippen molar-refractivity contribution in [2.75, 3.05) is 24.6 Å². The largest absolute Gasteiger partial charge is 0.378 e. The zero-order valence-corrected chi connectivity index (χ0v) is 14.7. The highest BCUT2D eigenvalue weighted by atomic mass is 16.5. The van der Waals surface area contributed by atoms with Crippen molar-refractivity contribution in [2.45, 2.75) is 58.6 Å². The van der Waals surface area contributed by atoms with Gasteiger partial charge in [0.1, 0.15) is 5.82 Å². The van der Waals surface area contributed by atoms with Crippen molar-refractivity contribution in [2.24, 2.45) is 5.41 Å². The molecule has 1 saturated carbocycles. The second kappa shape index (κ2) is 6.03. The molecule has 0 aromatic carbocycles. The summed E-state index contributed by atoms with van der Waals surface area (Å²) in [5.74, 6) is 1.04. The van der Waals surface area contributed by atoms with Gasteiger partial charge in [-0.05, 0) is 56.1 Å². The number of anilines is 1. The molecule has 1 aliphatic carbocycles. The van der Waals surface area contributed by atoms with Crippen LogP contribution in [0, 0.1) is 12.3 Å². The standard InChI is InChI=1S/C19H27N3O2/c1-13-11-15-16(12-20-18(15)23)21-17(13)22-8-3-14(4-9-22)24-10-7-19(2)5-6-19/h11,14H,3-10,12H2,1-2H3,(H,20,23). The van der Waals surface area contributed by atoms with Crippen LogP contribution in [-0.4, -0.2) is 36.7 Å². The van der Waals surface area contributed by atoms with Gasteiger partial charge in [0, 0.05) is 19.7 Å². The monoisotopic (exact) mass is 329 g/mol. The van der Waals surface area contributed by atoms with Crippen LogP contribution in [0.15, 0.2) is 6.07 Å². The number of aromatic nitrogens is 1. The zero-order valence-electron chi connectivity index (χ0n) is 14.7. The summed E-state index contributed by atoms with van der Waals surface area (Å²) in [5, 5.41) is 2.85. The maximum absolute atomic E-state index is 11.7. The molecule has 1 amide bonds. The average Bonchev–Trinajstić information content (AvgIpc) is 3.21. The third-order valence-corrected chi connectivity index (χ3v) is 5.83. The summed E-state index contributed by atoms with van der Waals surface area (Å²) in [4.78, 5) is 18.8. The SMILES string of the molecule is Cc1cc2c(nc1N1CCC(OCCC3(C)CC3)CC1)CNC2=O. The lowest BCUT2D eigenvalue weighted by atomic mass is 10.0. The van der Waals surface area contributed by atoms with Crippen LogP contribution in [0.4, 0.5) is 5.82 Å². The van der Waals surface area contributed by atoms with Crippen molar-refractivity contribution < 1.29 is 9.53 Å². The number of carbonyl (C=O) groups is 1. The van der Waals surface area contributed by atoms with E-state index in [1.807, 2.05) is 13.0 Å². The van der Waals surface area contributed by atoms with E-state index in [1.54, 1.807) is 0 Å².